The van der Waals surface area contributed by atoms with Gasteiger partial charge in [-0.15, -0.1) is 0 Å². The van der Waals surface area contributed by atoms with Crippen molar-refractivity contribution in [3.05, 3.63) is 39.9 Å². The fourth-order valence-electron chi connectivity index (χ4n) is 2.00. The van der Waals surface area contributed by atoms with Gasteiger partial charge in [0.05, 0.1) is 18.3 Å². The van der Waals surface area contributed by atoms with Crippen LogP contribution in [0.1, 0.15) is 24.2 Å². The Morgan fingerprint density at radius 1 is 1.40 bits per heavy atom. The first-order chi connectivity index (χ1) is 9.43. The quantitative estimate of drug-likeness (QED) is 0.845. The molecule has 2 N–H and O–H groups in total. The second-order valence-electron chi connectivity index (χ2n) is 4.68. The van der Waals surface area contributed by atoms with Crippen LogP contribution in [0.2, 0.25) is 0 Å². The number of anilines is 1. The smallest absolute Gasteiger partial charge is 0.345 e. The van der Waals surface area contributed by atoms with E-state index in [2.05, 4.69) is 15.0 Å². The van der Waals surface area contributed by atoms with Crippen LogP contribution in [0.15, 0.2) is 23.0 Å². The number of carbonyl (C=O) groups is 1. The Morgan fingerprint density at radius 2 is 2.10 bits per heavy atom. The van der Waals surface area contributed by atoms with Gasteiger partial charge in [0.2, 0.25) is 0 Å². The minimum atomic E-state index is -0.763. The molecule has 20 heavy (non-hydrogen) atoms. The van der Waals surface area contributed by atoms with Gasteiger partial charge in [-0.1, -0.05) is 0 Å². The van der Waals surface area contributed by atoms with Crippen molar-refractivity contribution in [2.24, 2.45) is 0 Å². The molecule has 1 aromatic carbocycles. The average Bonchev–Trinajstić information content (AvgIpc) is 2.38. The molecule has 1 heterocycles. The van der Waals surface area contributed by atoms with Gasteiger partial charge < -0.3 is 15.0 Å². The summed E-state index contributed by atoms with van der Waals surface area (Å²) in [5.41, 5.74) is 0.00992. The summed E-state index contributed by atoms with van der Waals surface area (Å²) in [4.78, 5) is 26.4. The summed E-state index contributed by atoms with van der Waals surface area (Å²) in [7, 11) is 1.19. The minimum absolute atomic E-state index is 0.0355. The van der Waals surface area contributed by atoms with Crippen molar-refractivity contribution >= 4 is 22.6 Å². The normalized spacial score (nSPS) is 10.8. The Labute approximate surface area is 114 Å². The van der Waals surface area contributed by atoms with E-state index in [-0.39, 0.29) is 17.3 Å². The third-order valence-electron chi connectivity index (χ3n) is 2.80. The lowest BCUT2D eigenvalue weighted by Gasteiger charge is -2.15. The molecule has 0 fully saturated rings. The first-order valence-electron chi connectivity index (χ1n) is 6.14. The highest BCUT2D eigenvalue weighted by atomic mass is 19.1. The summed E-state index contributed by atoms with van der Waals surface area (Å²) in [5.74, 6) is -1.22. The van der Waals surface area contributed by atoms with E-state index in [0.717, 1.165) is 0 Å². The van der Waals surface area contributed by atoms with E-state index in [0.29, 0.717) is 10.9 Å². The number of carbonyl (C=O) groups excluding carboxylic acids is 1. The van der Waals surface area contributed by atoms with Crippen LogP contribution in [0, 0.1) is 5.82 Å². The summed E-state index contributed by atoms with van der Waals surface area (Å²) in [6, 6.07) is 3.93. The molecule has 0 aliphatic heterocycles. The maximum atomic E-state index is 13.4. The lowest BCUT2D eigenvalue weighted by Crippen LogP contribution is -2.24. The van der Waals surface area contributed by atoms with E-state index in [1.807, 2.05) is 13.8 Å². The summed E-state index contributed by atoms with van der Waals surface area (Å²) in [5, 5.41) is 3.44. The van der Waals surface area contributed by atoms with Gasteiger partial charge in [0.25, 0.3) is 5.56 Å². The number of rotatable bonds is 3. The van der Waals surface area contributed by atoms with Crippen molar-refractivity contribution in [3.63, 3.8) is 0 Å². The Kier molecular flexibility index (Phi) is 3.74. The second kappa shape index (κ2) is 5.32. The van der Waals surface area contributed by atoms with Gasteiger partial charge in [-0.05, 0) is 32.0 Å². The van der Waals surface area contributed by atoms with E-state index in [1.165, 1.54) is 25.3 Å². The molecule has 6 heteroatoms. The zero-order chi connectivity index (χ0) is 14.9. The zero-order valence-electron chi connectivity index (χ0n) is 11.4. The highest BCUT2D eigenvalue weighted by Gasteiger charge is 2.20. The third-order valence-corrected chi connectivity index (χ3v) is 2.80. The first-order valence-corrected chi connectivity index (χ1v) is 6.14. The number of hydrogen-bond donors (Lipinski definition) is 2. The van der Waals surface area contributed by atoms with Gasteiger partial charge in [-0.2, -0.15) is 0 Å². The molecule has 0 unspecified atom stereocenters. The lowest BCUT2D eigenvalue weighted by atomic mass is 10.1. The standard InChI is InChI=1S/C14H15FN2O3/c1-7(2)16-12-9-6-8(15)4-5-10(9)17-13(18)11(12)14(19)20-3/h4-7H,1-3H3,(H2,16,17,18). The predicted molar refractivity (Wildman–Crippen MR) is 74.6 cm³/mol. The highest BCUT2D eigenvalue weighted by Crippen LogP contribution is 2.25. The van der Waals surface area contributed by atoms with Crippen LogP contribution in [0.3, 0.4) is 0 Å². The Balaban J connectivity index is 2.85. The maximum Gasteiger partial charge on any atom is 0.345 e. The number of fused-ring (bicyclic) bond motifs is 1. The Hall–Kier alpha value is -2.37. The van der Waals surface area contributed by atoms with Gasteiger partial charge >= 0.3 is 5.97 Å². The Bertz CT molecular complexity index is 722. The fraction of sp³-hybridized carbons (Fsp3) is 0.286. The highest BCUT2D eigenvalue weighted by molar-refractivity contribution is 6.04. The number of nitrogens with one attached hydrogen (secondary N) is 2. The average molecular weight is 278 g/mol. The molecule has 0 bridgehead atoms. The lowest BCUT2D eigenvalue weighted by molar-refractivity contribution is 0.0600. The van der Waals surface area contributed by atoms with Crippen LogP contribution >= 0.6 is 0 Å². The number of H-pyrrole nitrogens is 1. The van der Waals surface area contributed by atoms with Gasteiger partial charge in [-0.3, -0.25) is 4.79 Å². The molecule has 0 aliphatic rings. The van der Waals surface area contributed by atoms with Crippen LogP contribution in [-0.4, -0.2) is 24.1 Å². The van der Waals surface area contributed by atoms with Crippen molar-refractivity contribution in [3.8, 4) is 0 Å². The molecule has 0 amide bonds. The number of aromatic nitrogens is 1. The fourth-order valence-corrected chi connectivity index (χ4v) is 2.00. The largest absolute Gasteiger partial charge is 0.465 e. The van der Waals surface area contributed by atoms with Crippen molar-refractivity contribution in [2.45, 2.75) is 19.9 Å². The minimum Gasteiger partial charge on any atom is -0.465 e. The van der Waals surface area contributed by atoms with Crippen molar-refractivity contribution in [2.75, 3.05) is 12.4 Å². The third kappa shape index (κ3) is 2.49. The topological polar surface area (TPSA) is 71.2 Å². The van der Waals surface area contributed by atoms with E-state index in [1.54, 1.807) is 0 Å². The zero-order valence-corrected chi connectivity index (χ0v) is 11.4. The number of aromatic amines is 1. The van der Waals surface area contributed by atoms with Crippen molar-refractivity contribution in [1.82, 2.24) is 4.98 Å². The van der Waals surface area contributed by atoms with Crippen LogP contribution in [0.4, 0.5) is 10.1 Å². The number of ether oxygens (including phenoxy) is 1. The van der Waals surface area contributed by atoms with Gasteiger partial charge in [0.15, 0.2) is 0 Å². The van der Waals surface area contributed by atoms with Gasteiger partial charge in [0, 0.05) is 11.4 Å². The number of halogens is 1. The molecule has 0 spiro atoms. The van der Waals surface area contributed by atoms with Crippen LogP contribution in [0.5, 0.6) is 0 Å². The summed E-state index contributed by atoms with van der Waals surface area (Å²) < 4.78 is 18.1. The molecule has 0 saturated heterocycles. The molecule has 106 valence electrons. The molecular weight excluding hydrogens is 263 g/mol. The molecular formula is C14H15FN2O3. The number of esters is 1. The van der Waals surface area contributed by atoms with Crippen molar-refractivity contribution < 1.29 is 13.9 Å². The molecule has 0 atom stereocenters. The second-order valence-corrected chi connectivity index (χ2v) is 4.68. The van der Waals surface area contributed by atoms with E-state index in [9.17, 15) is 14.0 Å². The summed E-state index contributed by atoms with van der Waals surface area (Å²) in [6.07, 6.45) is 0. The SMILES string of the molecule is COC(=O)c1c(NC(C)C)c2cc(F)ccc2[nH]c1=O. The van der Waals surface area contributed by atoms with E-state index in [4.69, 9.17) is 0 Å². The van der Waals surface area contributed by atoms with Gasteiger partial charge in [0.1, 0.15) is 11.4 Å². The molecule has 0 saturated carbocycles. The summed E-state index contributed by atoms with van der Waals surface area (Å²) >= 11 is 0. The molecule has 0 aliphatic carbocycles. The van der Waals surface area contributed by atoms with E-state index < -0.39 is 17.3 Å². The monoisotopic (exact) mass is 278 g/mol. The molecule has 0 radical (unpaired) electrons. The van der Waals surface area contributed by atoms with Crippen LogP contribution < -0.4 is 10.9 Å². The van der Waals surface area contributed by atoms with Gasteiger partial charge in [-0.25, -0.2) is 9.18 Å². The molecule has 5 nitrogen and oxygen atoms in total. The van der Waals surface area contributed by atoms with Crippen LogP contribution in [-0.2, 0) is 4.74 Å². The maximum absolute atomic E-state index is 13.4. The first kappa shape index (κ1) is 14.0. The number of hydrogen-bond acceptors (Lipinski definition) is 4. The number of benzene rings is 1. The van der Waals surface area contributed by atoms with E-state index >= 15 is 0 Å². The molecule has 2 aromatic rings. The summed E-state index contributed by atoms with van der Waals surface area (Å²) in [6.45, 7) is 3.71. The molecule has 1 aromatic heterocycles. The number of methoxy groups -OCH3 is 1. The van der Waals surface area contributed by atoms with Crippen molar-refractivity contribution in [1.29, 1.82) is 0 Å². The molecule has 2 rings (SSSR count). The number of pyridine rings is 1. The van der Waals surface area contributed by atoms with Crippen LogP contribution in [0.25, 0.3) is 10.9 Å². The Morgan fingerprint density at radius 3 is 2.70 bits per heavy atom. The predicted octanol–water partition coefficient (Wildman–Crippen LogP) is 2.27.